The lowest BCUT2D eigenvalue weighted by Gasteiger charge is -2.02. The fourth-order valence-corrected chi connectivity index (χ4v) is 0.640. The molecule has 1 heteroatoms. The lowest BCUT2D eigenvalue weighted by atomic mass is 10.2. The molecule has 0 saturated heterocycles. The summed E-state index contributed by atoms with van der Waals surface area (Å²) in [4.78, 5) is 0. The van der Waals surface area contributed by atoms with Crippen molar-refractivity contribution in [3.63, 3.8) is 0 Å². The highest BCUT2D eigenvalue weighted by atomic mass is 14.9. The van der Waals surface area contributed by atoms with E-state index in [2.05, 4.69) is 24.7 Å². The number of rotatable bonds is 4. The molecule has 0 unspecified atom stereocenters. The van der Waals surface area contributed by atoms with Crippen LogP contribution in [0.5, 0.6) is 0 Å². The third-order valence-electron chi connectivity index (χ3n) is 1.22. The molecule has 1 nitrogen and oxygen atoms in total. The third-order valence-corrected chi connectivity index (χ3v) is 1.22. The standard InChI is InChI=1S/C10H15N/c1-5-7-11-10(4)8-9(3)6-2/h2,8,11H,4-5,7H2,1,3H3/b9-8+. The van der Waals surface area contributed by atoms with Crippen LogP contribution in [0, 0.1) is 12.3 Å². The highest BCUT2D eigenvalue weighted by Crippen LogP contribution is 1.94. The van der Waals surface area contributed by atoms with Gasteiger partial charge in [-0.3, -0.25) is 0 Å². The molecule has 0 atom stereocenters. The Morgan fingerprint density at radius 1 is 1.73 bits per heavy atom. The molecule has 0 fully saturated rings. The van der Waals surface area contributed by atoms with E-state index in [1.54, 1.807) is 0 Å². The molecule has 0 aromatic carbocycles. The number of allylic oxidation sites excluding steroid dienone is 2. The van der Waals surface area contributed by atoms with Crippen LogP contribution in [0.2, 0.25) is 0 Å². The summed E-state index contributed by atoms with van der Waals surface area (Å²) in [5.41, 5.74) is 1.79. The maximum atomic E-state index is 5.16. The molecule has 0 heterocycles. The molecule has 0 amide bonds. The first-order valence-electron chi connectivity index (χ1n) is 3.78. The average Bonchev–Trinajstić information content (AvgIpc) is 2.00. The lowest BCUT2D eigenvalue weighted by Crippen LogP contribution is -2.11. The SMILES string of the molecule is C#C/C(C)=C/C(=C)NCCC. The second kappa shape index (κ2) is 5.61. The van der Waals surface area contributed by atoms with Crippen LogP contribution in [-0.4, -0.2) is 6.54 Å². The summed E-state index contributed by atoms with van der Waals surface area (Å²) in [6.07, 6.45) is 8.13. The molecule has 0 aliphatic heterocycles. The molecule has 0 aromatic rings. The number of hydrogen-bond acceptors (Lipinski definition) is 1. The molecule has 0 rings (SSSR count). The van der Waals surface area contributed by atoms with Crippen LogP contribution in [0.15, 0.2) is 23.9 Å². The molecular weight excluding hydrogens is 134 g/mol. The van der Waals surface area contributed by atoms with E-state index in [0.717, 1.165) is 24.2 Å². The van der Waals surface area contributed by atoms with Crippen LogP contribution >= 0.6 is 0 Å². The molecule has 1 N–H and O–H groups in total. The zero-order valence-corrected chi connectivity index (χ0v) is 7.28. The number of nitrogens with one attached hydrogen (secondary N) is 1. The van der Waals surface area contributed by atoms with Crippen molar-refractivity contribution in [1.29, 1.82) is 0 Å². The van der Waals surface area contributed by atoms with E-state index in [1.165, 1.54) is 0 Å². The normalized spacial score (nSPS) is 10.5. The van der Waals surface area contributed by atoms with Crippen LogP contribution in [0.4, 0.5) is 0 Å². The highest BCUT2D eigenvalue weighted by Gasteiger charge is 1.86. The molecule has 0 bridgehead atoms. The summed E-state index contributed by atoms with van der Waals surface area (Å²) in [5, 5.41) is 3.13. The fourth-order valence-electron chi connectivity index (χ4n) is 0.640. The van der Waals surface area contributed by atoms with Crippen molar-refractivity contribution in [2.24, 2.45) is 0 Å². The highest BCUT2D eigenvalue weighted by molar-refractivity contribution is 5.30. The van der Waals surface area contributed by atoms with Gasteiger partial charge in [0.1, 0.15) is 0 Å². The smallest absolute Gasteiger partial charge is 0.0276 e. The Balaban J connectivity index is 3.79. The minimum atomic E-state index is 0.891. The van der Waals surface area contributed by atoms with Crippen molar-refractivity contribution in [2.75, 3.05) is 6.54 Å². The van der Waals surface area contributed by atoms with E-state index in [0.29, 0.717) is 0 Å². The van der Waals surface area contributed by atoms with Gasteiger partial charge < -0.3 is 5.32 Å². The predicted molar refractivity (Wildman–Crippen MR) is 50.0 cm³/mol. The Morgan fingerprint density at radius 3 is 2.82 bits per heavy atom. The quantitative estimate of drug-likeness (QED) is 0.476. The molecule has 60 valence electrons. The van der Waals surface area contributed by atoms with E-state index < -0.39 is 0 Å². The summed E-state index contributed by atoms with van der Waals surface area (Å²) in [7, 11) is 0. The molecule has 0 aliphatic rings. The van der Waals surface area contributed by atoms with Crippen LogP contribution < -0.4 is 5.32 Å². The van der Waals surface area contributed by atoms with Crippen molar-refractivity contribution in [3.8, 4) is 12.3 Å². The Hall–Kier alpha value is -1.16. The van der Waals surface area contributed by atoms with Crippen molar-refractivity contribution >= 4 is 0 Å². The maximum absolute atomic E-state index is 5.16. The molecule has 11 heavy (non-hydrogen) atoms. The Labute approximate surface area is 69.2 Å². The van der Waals surface area contributed by atoms with E-state index in [1.807, 2.05) is 13.0 Å². The van der Waals surface area contributed by atoms with Gasteiger partial charge in [-0.05, 0) is 19.4 Å². The first-order valence-corrected chi connectivity index (χ1v) is 3.78. The average molecular weight is 149 g/mol. The van der Waals surface area contributed by atoms with E-state index in [9.17, 15) is 0 Å². The van der Waals surface area contributed by atoms with Gasteiger partial charge in [0.2, 0.25) is 0 Å². The molecule has 0 radical (unpaired) electrons. The largest absolute Gasteiger partial charge is 0.386 e. The van der Waals surface area contributed by atoms with Crippen LogP contribution in [0.25, 0.3) is 0 Å². The zero-order chi connectivity index (χ0) is 8.69. The second-order valence-electron chi connectivity index (χ2n) is 2.42. The number of hydrogen-bond donors (Lipinski definition) is 1. The first-order chi connectivity index (χ1) is 5.20. The summed E-state index contributed by atoms with van der Waals surface area (Å²) in [6, 6.07) is 0. The molecule has 0 spiro atoms. The van der Waals surface area contributed by atoms with Gasteiger partial charge in [0.25, 0.3) is 0 Å². The predicted octanol–water partition coefficient (Wildman–Crippen LogP) is 2.08. The molecule has 0 aliphatic carbocycles. The van der Waals surface area contributed by atoms with Crippen LogP contribution in [0.3, 0.4) is 0 Å². The topological polar surface area (TPSA) is 12.0 Å². The van der Waals surface area contributed by atoms with Gasteiger partial charge in [0.15, 0.2) is 0 Å². The second-order valence-corrected chi connectivity index (χ2v) is 2.42. The van der Waals surface area contributed by atoms with Gasteiger partial charge in [0.05, 0.1) is 0 Å². The zero-order valence-electron chi connectivity index (χ0n) is 7.28. The summed E-state index contributed by atoms with van der Waals surface area (Å²) in [5.74, 6) is 2.53. The summed E-state index contributed by atoms with van der Waals surface area (Å²) in [6.45, 7) is 8.75. The summed E-state index contributed by atoms with van der Waals surface area (Å²) < 4.78 is 0. The van der Waals surface area contributed by atoms with Crippen LogP contribution in [-0.2, 0) is 0 Å². The van der Waals surface area contributed by atoms with Crippen molar-refractivity contribution in [1.82, 2.24) is 5.32 Å². The van der Waals surface area contributed by atoms with Gasteiger partial charge in [-0.1, -0.05) is 19.4 Å². The van der Waals surface area contributed by atoms with Crippen molar-refractivity contribution in [2.45, 2.75) is 20.3 Å². The monoisotopic (exact) mass is 149 g/mol. The van der Waals surface area contributed by atoms with Crippen LogP contribution in [0.1, 0.15) is 20.3 Å². The van der Waals surface area contributed by atoms with Crippen molar-refractivity contribution < 1.29 is 0 Å². The molecule has 0 saturated carbocycles. The Kier molecular flexibility index (Phi) is 5.02. The molecular formula is C10H15N. The molecule has 0 aromatic heterocycles. The first kappa shape index (κ1) is 9.84. The van der Waals surface area contributed by atoms with Crippen molar-refractivity contribution in [3.05, 3.63) is 23.9 Å². The van der Waals surface area contributed by atoms with Gasteiger partial charge >= 0.3 is 0 Å². The lowest BCUT2D eigenvalue weighted by molar-refractivity contribution is 0.786. The van der Waals surface area contributed by atoms with E-state index in [4.69, 9.17) is 6.42 Å². The van der Waals surface area contributed by atoms with E-state index in [-0.39, 0.29) is 0 Å². The Bertz CT molecular complexity index is 193. The maximum Gasteiger partial charge on any atom is 0.0276 e. The number of terminal acetylenes is 1. The van der Waals surface area contributed by atoms with Gasteiger partial charge in [0, 0.05) is 17.8 Å². The van der Waals surface area contributed by atoms with E-state index >= 15 is 0 Å². The third kappa shape index (κ3) is 5.29. The Morgan fingerprint density at radius 2 is 2.36 bits per heavy atom. The van der Waals surface area contributed by atoms with Gasteiger partial charge in [-0.15, -0.1) is 6.42 Å². The minimum Gasteiger partial charge on any atom is -0.386 e. The minimum absolute atomic E-state index is 0.891. The van der Waals surface area contributed by atoms with Gasteiger partial charge in [-0.25, -0.2) is 0 Å². The summed E-state index contributed by atoms with van der Waals surface area (Å²) >= 11 is 0. The fraction of sp³-hybridized carbons (Fsp3) is 0.400. The van der Waals surface area contributed by atoms with Gasteiger partial charge in [-0.2, -0.15) is 0 Å².